The minimum atomic E-state index is 0.154. The number of aryl methyl sites for hydroxylation is 1. The number of nitrogens with zero attached hydrogens (tertiary/aromatic N) is 3. The lowest BCUT2D eigenvalue weighted by molar-refractivity contribution is -0.906. The highest BCUT2D eigenvalue weighted by Gasteiger charge is 2.29. The quantitative estimate of drug-likeness (QED) is 0.714. The number of rotatable bonds is 4. The number of ether oxygens (including phenoxy) is 1. The van der Waals surface area contributed by atoms with Crippen LogP contribution in [0.15, 0.2) is 36.4 Å². The van der Waals surface area contributed by atoms with Crippen LogP contribution < -0.4 is 4.90 Å². The monoisotopic (exact) mass is 411 g/mol. The molecule has 1 atom stereocenters. The Morgan fingerprint density at radius 1 is 1.28 bits per heavy atom. The summed E-state index contributed by atoms with van der Waals surface area (Å²) in [6.07, 6.45) is 2.79. The van der Waals surface area contributed by atoms with E-state index in [1.165, 1.54) is 12.8 Å². The number of fused-ring (bicyclic) bond motifs is 1. The summed E-state index contributed by atoms with van der Waals surface area (Å²) in [4.78, 5) is 18.6. The van der Waals surface area contributed by atoms with Gasteiger partial charge >= 0.3 is 0 Å². The van der Waals surface area contributed by atoms with Crippen molar-refractivity contribution < 1.29 is 14.4 Å². The summed E-state index contributed by atoms with van der Waals surface area (Å²) < 4.78 is 7.73. The molecule has 29 heavy (non-hydrogen) atoms. The minimum absolute atomic E-state index is 0.154. The van der Waals surface area contributed by atoms with Gasteiger partial charge in [0.2, 0.25) is 0 Å². The maximum Gasteiger partial charge on any atom is 0.264 e. The van der Waals surface area contributed by atoms with E-state index in [-0.39, 0.29) is 5.91 Å². The third kappa shape index (κ3) is 3.70. The average Bonchev–Trinajstić information content (AvgIpc) is 3.48. The molecule has 0 spiro atoms. The van der Waals surface area contributed by atoms with Crippen molar-refractivity contribution in [3.63, 3.8) is 0 Å². The van der Waals surface area contributed by atoms with Crippen LogP contribution in [0.3, 0.4) is 0 Å². The summed E-state index contributed by atoms with van der Waals surface area (Å²) in [6.45, 7) is 7.65. The maximum absolute atomic E-state index is 13.2. The summed E-state index contributed by atoms with van der Waals surface area (Å²) in [5.41, 5.74) is 1.99. The average molecular weight is 412 g/mol. The normalized spacial score (nSPS) is 20.6. The van der Waals surface area contributed by atoms with E-state index in [4.69, 9.17) is 4.74 Å². The van der Waals surface area contributed by atoms with Gasteiger partial charge in [-0.3, -0.25) is 4.79 Å². The highest BCUT2D eigenvalue weighted by atomic mass is 32.1. The second kappa shape index (κ2) is 7.89. The molecule has 0 unspecified atom stereocenters. The van der Waals surface area contributed by atoms with Gasteiger partial charge < -0.3 is 14.5 Å². The Labute approximate surface area is 174 Å². The molecule has 1 aromatic carbocycles. The third-order valence-corrected chi connectivity index (χ3v) is 7.15. The zero-order valence-corrected chi connectivity index (χ0v) is 17.6. The van der Waals surface area contributed by atoms with Gasteiger partial charge in [-0.25, -0.2) is 4.68 Å². The number of thiophene rings is 1. The molecule has 4 heterocycles. The molecule has 0 saturated carbocycles. The molecule has 1 amide bonds. The third-order valence-electron chi connectivity index (χ3n) is 6.05. The molecule has 2 saturated heterocycles. The molecule has 5 rings (SSSR count). The van der Waals surface area contributed by atoms with Gasteiger partial charge in [-0.05, 0) is 38.0 Å². The number of carbonyl (C=O) groups is 1. The number of hydrogen-bond donors (Lipinski definition) is 1. The second-order valence-corrected chi connectivity index (χ2v) is 9.07. The lowest BCUT2D eigenvalue weighted by Crippen LogP contribution is -3.15. The van der Waals surface area contributed by atoms with Crippen LogP contribution in [0.4, 0.5) is 0 Å². The van der Waals surface area contributed by atoms with Crippen LogP contribution >= 0.6 is 11.3 Å². The van der Waals surface area contributed by atoms with E-state index >= 15 is 0 Å². The summed E-state index contributed by atoms with van der Waals surface area (Å²) in [5, 5.41) is 5.75. The van der Waals surface area contributed by atoms with Crippen molar-refractivity contribution in [2.75, 3.05) is 39.3 Å². The Hall–Kier alpha value is -2.22. The largest absolute Gasteiger partial charge is 0.372 e. The Balaban J connectivity index is 1.30. The van der Waals surface area contributed by atoms with E-state index in [0.29, 0.717) is 6.10 Å². The summed E-state index contributed by atoms with van der Waals surface area (Å²) in [7, 11) is 0. The first-order valence-electron chi connectivity index (χ1n) is 10.5. The number of nitrogens with one attached hydrogen (secondary N) is 1. The summed E-state index contributed by atoms with van der Waals surface area (Å²) in [5.74, 6) is 0.154. The first kappa shape index (κ1) is 18.8. The summed E-state index contributed by atoms with van der Waals surface area (Å²) >= 11 is 1.55. The maximum atomic E-state index is 13.2. The number of quaternary nitrogens is 1. The van der Waals surface area contributed by atoms with Gasteiger partial charge in [-0.2, -0.15) is 5.10 Å². The van der Waals surface area contributed by atoms with Crippen LogP contribution in [-0.4, -0.2) is 66.0 Å². The van der Waals surface area contributed by atoms with Gasteiger partial charge in [0.1, 0.15) is 17.5 Å². The van der Waals surface area contributed by atoms with E-state index < -0.39 is 0 Å². The molecule has 6 nitrogen and oxygen atoms in total. The molecule has 7 heteroatoms. The lowest BCUT2D eigenvalue weighted by Gasteiger charge is -2.33. The molecular weight excluding hydrogens is 384 g/mol. The van der Waals surface area contributed by atoms with E-state index in [1.54, 1.807) is 16.2 Å². The van der Waals surface area contributed by atoms with Crippen LogP contribution in [-0.2, 0) is 4.74 Å². The molecule has 2 aliphatic rings. The fraction of sp³-hybridized carbons (Fsp3) is 0.455. The number of hydrogen-bond acceptors (Lipinski definition) is 4. The van der Waals surface area contributed by atoms with Crippen molar-refractivity contribution in [2.24, 2.45) is 0 Å². The number of benzene rings is 1. The SMILES string of the molecule is Cc1nn(-c2ccccc2)c2sc(C(=O)N3CC[NH+](C[C@@H]4CCCO4)CC3)cc12. The first-order chi connectivity index (χ1) is 14.2. The molecule has 152 valence electrons. The van der Waals surface area contributed by atoms with Crippen LogP contribution in [0.25, 0.3) is 15.9 Å². The number of carbonyl (C=O) groups excluding carboxylic acids is 1. The zero-order valence-electron chi connectivity index (χ0n) is 16.8. The Morgan fingerprint density at radius 3 is 2.79 bits per heavy atom. The Bertz CT molecular complexity index is 999. The zero-order chi connectivity index (χ0) is 19.8. The van der Waals surface area contributed by atoms with E-state index in [1.807, 2.05) is 52.9 Å². The molecular formula is C22H27N4O2S+. The van der Waals surface area contributed by atoms with Gasteiger partial charge in [0.05, 0.1) is 42.4 Å². The van der Waals surface area contributed by atoms with Crippen molar-refractivity contribution in [3.8, 4) is 5.69 Å². The van der Waals surface area contributed by atoms with E-state index in [0.717, 1.165) is 65.8 Å². The molecule has 2 aromatic heterocycles. The van der Waals surface area contributed by atoms with Crippen molar-refractivity contribution >= 4 is 27.5 Å². The van der Waals surface area contributed by atoms with Gasteiger partial charge in [0, 0.05) is 12.0 Å². The van der Waals surface area contributed by atoms with Gasteiger partial charge in [0.15, 0.2) is 0 Å². The molecule has 0 aliphatic carbocycles. The van der Waals surface area contributed by atoms with Crippen molar-refractivity contribution in [1.82, 2.24) is 14.7 Å². The molecule has 1 N–H and O–H groups in total. The van der Waals surface area contributed by atoms with Crippen LogP contribution in [0, 0.1) is 6.92 Å². The van der Waals surface area contributed by atoms with Gasteiger partial charge in [0.25, 0.3) is 5.91 Å². The van der Waals surface area contributed by atoms with Crippen molar-refractivity contribution in [1.29, 1.82) is 0 Å². The Kier molecular flexibility index (Phi) is 5.11. The fourth-order valence-electron chi connectivity index (χ4n) is 4.41. The van der Waals surface area contributed by atoms with E-state index in [9.17, 15) is 4.79 Å². The van der Waals surface area contributed by atoms with Gasteiger partial charge in [-0.15, -0.1) is 11.3 Å². The Morgan fingerprint density at radius 2 is 2.07 bits per heavy atom. The number of aromatic nitrogens is 2. The molecule has 2 fully saturated rings. The molecule has 2 aliphatic heterocycles. The van der Waals surface area contributed by atoms with Crippen molar-refractivity contribution in [3.05, 3.63) is 47.0 Å². The van der Waals surface area contributed by atoms with E-state index in [2.05, 4.69) is 5.10 Å². The highest BCUT2D eigenvalue weighted by Crippen LogP contribution is 2.31. The topological polar surface area (TPSA) is 51.8 Å². The van der Waals surface area contributed by atoms with Crippen LogP contribution in [0.1, 0.15) is 28.2 Å². The summed E-state index contributed by atoms with van der Waals surface area (Å²) in [6, 6.07) is 12.1. The van der Waals surface area contributed by atoms with Gasteiger partial charge in [-0.1, -0.05) is 18.2 Å². The molecule has 0 radical (unpaired) electrons. The predicted octanol–water partition coefficient (Wildman–Crippen LogP) is 1.92. The number of para-hydroxylation sites is 1. The standard InChI is InChI=1S/C22H26N4O2S/c1-16-19-14-20(29-22(19)26(23-16)17-6-3-2-4-7-17)21(27)25-11-9-24(10-12-25)15-18-8-5-13-28-18/h2-4,6-7,14,18H,5,8-13,15H2,1H3/p+1/t18-/m0/s1. The highest BCUT2D eigenvalue weighted by molar-refractivity contribution is 7.20. The lowest BCUT2D eigenvalue weighted by atomic mass is 10.2. The number of amides is 1. The smallest absolute Gasteiger partial charge is 0.264 e. The number of piperazine rings is 1. The second-order valence-electron chi connectivity index (χ2n) is 8.04. The molecule has 0 bridgehead atoms. The van der Waals surface area contributed by atoms with Crippen molar-refractivity contribution in [2.45, 2.75) is 25.9 Å². The first-order valence-corrected chi connectivity index (χ1v) is 11.3. The predicted molar refractivity (Wildman–Crippen MR) is 114 cm³/mol. The molecule has 3 aromatic rings. The van der Waals surface area contributed by atoms with Crippen LogP contribution in [0.2, 0.25) is 0 Å². The fourth-order valence-corrected chi connectivity index (χ4v) is 5.56. The van der Waals surface area contributed by atoms with Crippen LogP contribution in [0.5, 0.6) is 0 Å². The minimum Gasteiger partial charge on any atom is -0.372 e.